The molecule has 0 radical (unpaired) electrons. The van der Waals surface area contributed by atoms with Gasteiger partial charge in [-0.1, -0.05) is 13.0 Å². The molecule has 0 aliphatic heterocycles. The van der Waals surface area contributed by atoms with E-state index in [4.69, 9.17) is 10.6 Å². The summed E-state index contributed by atoms with van der Waals surface area (Å²) in [6.45, 7) is 6.93. The molecule has 0 fully saturated rings. The molecule has 3 nitrogen and oxygen atoms in total. The number of hydrogen-bond acceptors (Lipinski definition) is 4. The summed E-state index contributed by atoms with van der Waals surface area (Å²) < 4.78 is 5.82. The van der Waals surface area contributed by atoms with Crippen LogP contribution in [0.15, 0.2) is 17.5 Å². The molecule has 1 aromatic heterocycles. The number of thiophene rings is 1. The summed E-state index contributed by atoms with van der Waals surface area (Å²) >= 11 is 1.70. The van der Waals surface area contributed by atoms with E-state index in [0.29, 0.717) is 6.61 Å². The maximum absolute atomic E-state index is 5.82. The fourth-order valence-electron chi connectivity index (χ4n) is 1.73. The summed E-state index contributed by atoms with van der Waals surface area (Å²) in [6.07, 6.45) is 0.924. The standard InChI is InChI=1S/C11H20N2OS/c1-4-11(3,14-5-2)10(13-12)9-7-6-8-15-9/h6-8,10,13H,4-5,12H2,1-3H3. The van der Waals surface area contributed by atoms with Crippen molar-refractivity contribution in [1.29, 1.82) is 0 Å². The van der Waals surface area contributed by atoms with Crippen molar-refractivity contribution in [3.05, 3.63) is 22.4 Å². The zero-order valence-corrected chi connectivity index (χ0v) is 10.4. The summed E-state index contributed by atoms with van der Waals surface area (Å²) in [7, 11) is 0. The van der Waals surface area contributed by atoms with Crippen molar-refractivity contribution in [3.63, 3.8) is 0 Å². The van der Waals surface area contributed by atoms with Gasteiger partial charge in [0.15, 0.2) is 0 Å². The van der Waals surface area contributed by atoms with E-state index in [2.05, 4.69) is 30.7 Å². The fourth-order valence-corrected chi connectivity index (χ4v) is 2.66. The van der Waals surface area contributed by atoms with Crippen molar-refractivity contribution in [2.45, 2.75) is 38.8 Å². The van der Waals surface area contributed by atoms with Gasteiger partial charge >= 0.3 is 0 Å². The molecule has 0 aromatic carbocycles. The van der Waals surface area contributed by atoms with Crippen LogP contribution in [0.3, 0.4) is 0 Å². The average molecular weight is 228 g/mol. The zero-order chi connectivity index (χ0) is 11.3. The predicted octanol–water partition coefficient (Wildman–Crippen LogP) is 2.46. The molecule has 86 valence electrons. The predicted molar refractivity (Wildman–Crippen MR) is 64.7 cm³/mol. The smallest absolute Gasteiger partial charge is 0.0866 e. The van der Waals surface area contributed by atoms with Crippen molar-refractivity contribution >= 4 is 11.3 Å². The van der Waals surface area contributed by atoms with Crippen LogP contribution >= 0.6 is 11.3 Å². The molecule has 1 aromatic rings. The molecule has 1 heterocycles. The Hall–Kier alpha value is -0.420. The highest BCUT2D eigenvalue weighted by atomic mass is 32.1. The molecule has 0 spiro atoms. The van der Waals surface area contributed by atoms with Gasteiger partial charge in [0.2, 0.25) is 0 Å². The molecule has 2 atom stereocenters. The number of ether oxygens (including phenoxy) is 1. The Balaban J connectivity index is 2.88. The Bertz CT molecular complexity index is 276. The molecule has 3 N–H and O–H groups in total. The molecule has 1 rings (SSSR count). The zero-order valence-electron chi connectivity index (χ0n) is 9.62. The fraction of sp³-hybridized carbons (Fsp3) is 0.636. The van der Waals surface area contributed by atoms with Crippen molar-refractivity contribution < 1.29 is 4.74 Å². The molecule has 2 unspecified atom stereocenters. The van der Waals surface area contributed by atoms with Gasteiger partial charge in [0, 0.05) is 11.5 Å². The van der Waals surface area contributed by atoms with E-state index >= 15 is 0 Å². The minimum atomic E-state index is -0.242. The second-order valence-electron chi connectivity index (χ2n) is 3.71. The van der Waals surface area contributed by atoms with Gasteiger partial charge in [-0.2, -0.15) is 0 Å². The highest BCUT2D eigenvalue weighted by Gasteiger charge is 2.34. The van der Waals surface area contributed by atoms with Crippen LogP contribution in [0.5, 0.6) is 0 Å². The Morgan fingerprint density at radius 2 is 2.33 bits per heavy atom. The minimum absolute atomic E-state index is 0.0578. The maximum Gasteiger partial charge on any atom is 0.0866 e. The van der Waals surface area contributed by atoms with Gasteiger partial charge < -0.3 is 4.74 Å². The summed E-state index contributed by atoms with van der Waals surface area (Å²) in [5, 5.41) is 2.06. The van der Waals surface area contributed by atoms with E-state index in [9.17, 15) is 0 Å². The molecule has 0 saturated carbocycles. The summed E-state index contributed by atoms with van der Waals surface area (Å²) in [6, 6.07) is 4.18. The first-order valence-electron chi connectivity index (χ1n) is 5.31. The highest BCUT2D eigenvalue weighted by molar-refractivity contribution is 7.10. The second-order valence-corrected chi connectivity index (χ2v) is 4.69. The molecule has 0 bridgehead atoms. The Labute approximate surface area is 95.6 Å². The minimum Gasteiger partial charge on any atom is -0.374 e. The molecule has 0 saturated heterocycles. The van der Waals surface area contributed by atoms with Crippen molar-refractivity contribution in [1.82, 2.24) is 5.43 Å². The topological polar surface area (TPSA) is 47.3 Å². The molecular formula is C11H20N2OS. The van der Waals surface area contributed by atoms with E-state index in [1.54, 1.807) is 11.3 Å². The Morgan fingerprint density at radius 1 is 1.60 bits per heavy atom. The van der Waals surface area contributed by atoms with Crippen LogP contribution in [0, 0.1) is 0 Å². The summed E-state index contributed by atoms with van der Waals surface area (Å²) in [4.78, 5) is 1.22. The van der Waals surface area contributed by atoms with Crippen LogP contribution in [0.4, 0.5) is 0 Å². The lowest BCUT2D eigenvalue weighted by molar-refractivity contribution is -0.0555. The summed E-state index contributed by atoms with van der Waals surface area (Å²) in [5.41, 5.74) is 2.62. The number of hydrazine groups is 1. The normalized spacial score (nSPS) is 17.3. The molecule has 0 aliphatic carbocycles. The van der Waals surface area contributed by atoms with Crippen molar-refractivity contribution in [2.75, 3.05) is 6.61 Å². The van der Waals surface area contributed by atoms with Gasteiger partial charge in [0.25, 0.3) is 0 Å². The van der Waals surface area contributed by atoms with Gasteiger partial charge in [-0.05, 0) is 31.7 Å². The number of rotatable bonds is 6. The first-order valence-corrected chi connectivity index (χ1v) is 6.19. The van der Waals surface area contributed by atoms with Crippen LogP contribution < -0.4 is 11.3 Å². The quantitative estimate of drug-likeness (QED) is 0.581. The molecule has 0 aliphatic rings. The van der Waals surface area contributed by atoms with Crippen molar-refractivity contribution in [3.8, 4) is 0 Å². The maximum atomic E-state index is 5.82. The van der Waals surface area contributed by atoms with Gasteiger partial charge in [-0.25, -0.2) is 5.43 Å². The third kappa shape index (κ3) is 2.78. The Morgan fingerprint density at radius 3 is 2.73 bits per heavy atom. The van der Waals surface area contributed by atoms with E-state index < -0.39 is 0 Å². The van der Waals surface area contributed by atoms with Crippen LogP contribution in [0.2, 0.25) is 0 Å². The lowest BCUT2D eigenvalue weighted by Crippen LogP contribution is -2.45. The van der Waals surface area contributed by atoms with E-state index in [-0.39, 0.29) is 11.6 Å². The SMILES string of the molecule is CCOC(C)(CC)C(NN)c1cccs1. The van der Waals surface area contributed by atoms with Crippen LogP contribution in [0.1, 0.15) is 38.1 Å². The van der Waals surface area contributed by atoms with Crippen LogP contribution in [-0.4, -0.2) is 12.2 Å². The van der Waals surface area contributed by atoms with Gasteiger partial charge in [0.1, 0.15) is 0 Å². The van der Waals surface area contributed by atoms with Gasteiger partial charge in [0.05, 0.1) is 11.6 Å². The van der Waals surface area contributed by atoms with Gasteiger partial charge in [-0.3, -0.25) is 5.84 Å². The number of nitrogens with two attached hydrogens (primary N) is 1. The lowest BCUT2D eigenvalue weighted by atomic mass is 9.92. The van der Waals surface area contributed by atoms with E-state index in [1.165, 1.54) is 4.88 Å². The largest absolute Gasteiger partial charge is 0.374 e. The van der Waals surface area contributed by atoms with Crippen molar-refractivity contribution in [2.24, 2.45) is 5.84 Å². The third-order valence-electron chi connectivity index (χ3n) is 2.78. The summed E-state index contributed by atoms with van der Waals surface area (Å²) in [5.74, 6) is 5.63. The molecule has 15 heavy (non-hydrogen) atoms. The first-order chi connectivity index (χ1) is 7.18. The first kappa shape index (κ1) is 12.6. The molecule has 0 amide bonds. The highest BCUT2D eigenvalue weighted by Crippen LogP contribution is 2.33. The Kier molecular flexibility index (Phi) is 4.73. The van der Waals surface area contributed by atoms with E-state index in [1.807, 2.05) is 13.0 Å². The van der Waals surface area contributed by atoms with Crippen LogP contribution in [0.25, 0.3) is 0 Å². The lowest BCUT2D eigenvalue weighted by Gasteiger charge is -2.35. The second kappa shape index (κ2) is 5.61. The molecule has 4 heteroatoms. The van der Waals surface area contributed by atoms with E-state index in [0.717, 1.165) is 6.42 Å². The monoisotopic (exact) mass is 228 g/mol. The number of nitrogens with one attached hydrogen (secondary N) is 1. The average Bonchev–Trinajstić information content (AvgIpc) is 2.72. The molecular weight excluding hydrogens is 208 g/mol. The third-order valence-corrected chi connectivity index (χ3v) is 3.72. The number of hydrogen-bond donors (Lipinski definition) is 2. The van der Waals surface area contributed by atoms with Gasteiger partial charge in [-0.15, -0.1) is 11.3 Å². The van der Waals surface area contributed by atoms with Crippen LogP contribution in [-0.2, 0) is 4.74 Å².